The number of nitrogens with one attached hydrogen (secondary N) is 1. The van der Waals surface area contributed by atoms with Gasteiger partial charge in [0.05, 0.1) is 13.3 Å². The Balaban J connectivity index is 1.54. The zero-order valence-corrected chi connectivity index (χ0v) is 20.6. The molecule has 0 saturated heterocycles. The van der Waals surface area contributed by atoms with Gasteiger partial charge in [-0.1, -0.05) is 54.6 Å². The van der Waals surface area contributed by atoms with Gasteiger partial charge >= 0.3 is 0 Å². The number of halogens is 1. The van der Waals surface area contributed by atoms with Crippen molar-refractivity contribution in [3.05, 3.63) is 96.5 Å². The third kappa shape index (κ3) is 6.82. The lowest BCUT2D eigenvalue weighted by atomic mass is 10.0. The molecule has 3 N–H and O–H groups in total. The molecule has 0 aliphatic rings. The number of ether oxygens (including phenoxy) is 1. The molecule has 190 valence electrons. The van der Waals surface area contributed by atoms with Crippen LogP contribution < -0.4 is 15.8 Å². The fourth-order valence-corrected chi connectivity index (χ4v) is 3.89. The minimum atomic E-state index is -0.788. The maximum absolute atomic E-state index is 13.3. The van der Waals surface area contributed by atoms with Gasteiger partial charge in [0.25, 0.3) is 5.91 Å². The number of carbonyl (C=O) groups is 1. The lowest BCUT2D eigenvalue weighted by Crippen LogP contribution is -2.29. The number of aliphatic imine (C=N–C) groups is 1. The number of hydrogen-bond acceptors (Lipinski definition) is 5. The highest BCUT2D eigenvalue weighted by atomic mass is 19.1. The van der Waals surface area contributed by atoms with E-state index in [-0.39, 0.29) is 11.7 Å². The van der Waals surface area contributed by atoms with Crippen LogP contribution in [-0.2, 0) is 0 Å². The third-order valence-corrected chi connectivity index (χ3v) is 5.82. The highest BCUT2D eigenvalue weighted by Crippen LogP contribution is 2.27. The van der Waals surface area contributed by atoms with Crippen LogP contribution in [0.1, 0.15) is 35.1 Å². The number of alkyl halides is 1. The van der Waals surface area contributed by atoms with Gasteiger partial charge in [-0.05, 0) is 48.2 Å². The van der Waals surface area contributed by atoms with Gasteiger partial charge in [-0.25, -0.2) is 9.37 Å². The molecule has 4 aromatic rings. The summed E-state index contributed by atoms with van der Waals surface area (Å²) in [6.07, 6.45) is 2.68. The van der Waals surface area contributed by atoms with Gasteiger partial charge in [0.1, 0.15) is 24.3 Å². The summed E-state index contributed by atoms with van der Waals surface area (Å²) in [5.74, 6) is 1.42. The average Bonchev–Trinajstić information content (AvgIpc) is 3.45. The van der Waals surface area contributed by atoms with E-state index in [1.54, 1.807) is 19.4 Å². The number of benzene rings is 3. The number of nitrogens with two attached hydrogens (primary N) is 1. The first kappa shape index (κ1) is 25.6. The first-order valence-electron chi connectivity index (χ1n) is 12.0. The van der Waals surface area contributed by atoms with E-state index in [1.165, 1.54) is 0 Å². The molecule has 1 heterocycles. The summed E-state index contributed by atoms with van der Waals surface area (Å²) >= 11 is 0. The lowest BCUT2D eigenvalue weighted by molar-refractivity contribution is 0.0927. The molecule has 0 spiro atoms. The van der Waals surface area contributed by atoms with Crippen LogP contribution in [0, 0.1) is 0 Å². The van der Waals surface area contributed by atoms with Gasteiger partial charge in [-0.2, -0.15) is 0 Å². The summed E-state index contributed by atoms with van der Waals surface area (Å²) in [4.78, 5) is 21.7. The van der Waals surface area contributed by atoms with Crippen molar-refractivity contribution >= 4 is 11.7 Å². The van der Waals surface area contributed by atoms with E-state index in [9.17, 15) is 9.18 Å². The van der Waals surface area contributed by atoms with Crippen LogP contribution in [0.2, 0.25) is 0 Å². The number of amidine groups is 1. The zero-order chi connectivity index (χ0) is 26.0. The van der Waals surface area contributed by atoms with Crippen molar-refractivity contribution in [1.82, 2.24) is 10.3 Å². The first-order chi connectivity index (χ1) is 18.1. The van der Waals surface area contributed by atoms with Crippen LogP contribution in [0.3, 0.4) is 0 Å². The molecule has 1 unspecified atom stereocenters. The molecule has 1 amide bonds. The highest BCUT2D eigenvalue weighted by molar-refractivity contribution is 5.95. The summed E-state index contributed by atoms with van der Waals surface area (Å²) in [5, 5.41) is 3.04. The van der Waals surface area contributed by atoms with Crippen LogP contribution >= 0.6 is 0 Å². The molecule has 0 saturated carbocycles. The maximum atomic E-state index is 13.3. The molecule has 1 aromatic heterocycles. The smallest absolute Gasteiger partial charge is 0.251 e. The first-order valence-corrected chi connectivity index (χ1v) is 12.0. The number of oxazole rings is 1. The third-order valence-electron chi connectivity index (χ3n) is 5.82. The SMILES string of the molecule is COc1cccc(-c2cccc(C(=O)NC(CCCN=C(N)CF)c3ncc(-c4ccccc4)o3)c2)c1. The Kier molecular flexibility index (Phi) is 8.65. The van der Waals surface area contributed by atoms with Crippen molar-refractivity contribution in [2.24, 2.45) is 10.7 Å². The second-order valence-corrected chi connectivity index (χ2v) is 8.42. The summed E-state index contributed by atoms with van der Waals surface area (Å²) in [6.45, 7) is -0.455. The van der Waals surface area contributed by atoms with Gasteiger partial charge in [-0.3, -0.25) is 9.79 Å². The predicted molar refractivity (Wildman–Crippen MR) is 142 cm³/mol. The molecule has 0 aliphatic heterocycles. The Morgan fingerprint density at radius 3 is 2.54 bits per heavy atom. The molecule has 8 heteroatoms. The Hall–Kier alpha value is -4.46. The van der Waals surface area contributed by atoms with Crippen molar-refractivity contribution < 1.29 is 18.3 Å². The van der Waals surface area contributed by atoms with Crippen molar-refractivity contribution in [2.75, 3.05) is 20.3 Å². The fraction of sp³-hybridized carbons (Fsp3) is 0.207. The molecule has 0 aliphatic carbocycles. The van der Waals surface area contributed by atoms with Crippen LogP contribution in [0.4, 0.5) is 4.39 Å². The number of rotatable bonds is 11. The standard InChI is InChI=1S/C29H29FN4O3/c1-36-24-13-6-11-22(17-24)21-10-5-12-23(16-21)28(35)34-25(14-7-15-32-27(31)18-30)29-33-19-26(37-29)20-8-3-2-4-9-20/h2-6,8-13,16-17,19,25H,7,14-15,18H2,1H3,(H2,31,32)(H,34,35). The monoisotopic (exact) mass is 500 g/mol. The minimum absolute atomic E-state index is 0.0440. The molecular formula is C29H29FN4O3. The molecule has 1 atom stereocenters. The Morgan fingerprint density at radius 1 is 1.05 bits per heavy atom. The van der Waals surface area contributed by atoms with E-state index in [0.717, 1.165) is 22.4 Å². The number of nitrogens with zero attached hydrogens (tertiary/aromatic N) is 2. The molecular weight excluding hydrogens is 471 g/mol. The molecule has 37 heavy (non-hydrogen) atoms. The average molecular weight is 501 g/mol. The zero-order valence-electron chi connectivity index (χ0n) is 20.6. The largest absolute Gasteiger partial charge is 0.497 e. The van der Waals surface area contributed by atoms with Crippen LogP contribution in [0.5, 0.6) is 5.75 Å². The number of carbonyl (C=O) groups excluding carboxylic acids is 1. The summed E-state index contributed by atoms with van der Waals surface area (Å²) in [5.41, 5.74) is 8.69. The van der Waals surface area contributed by atoms with E-state index in [0.29, 0.717) is 36.6 Å². The summed E-state index contributed by atoms with van der Waals surface area (Å²) in [7, 11) is 1.62. The van der Waals surface area contributed by atoms with E-state index < -0.39 is 12.7 Å². The molecule has 0 bridgehead atoms. The molecule has 7 nitrogen and oxygen atoms in total. The van der Waals surface area contributed by atoms with Crippen molar-refractivity contribution in [2.45, 2.75) is 18.9 Å². The Labute approximate surface area is 215 Å². The molecule has 0 fully saturated rings. The number of methoxy groups -OCH3 is 1. The van der Waals surface area contributed by atoms with E-state index in [4.69, 9.17) is 14.9 Å². The van der Waals surface area contributed by atoms with Gasteiger partial charge < -0.3 is 20.2 Å². The molecule has 0 radical (unpaired) electrons. The van der Waals surface area contributed by atoms with Gasteiger partial charge in [-0.15, -0.1) is 0 Å². The van der Waals surface area contributed by atoms with E-state index in [2.05, 4.69) is 15.3 Å². The van der Waals surface area contributed by atoms with Crippen LogP contribution in [0.25, 0.3) is 22.5 Å². The maximum Gasteiger partial charge on any atom is 0.251 e. The van der Waals surface area contributed by atoms with Crippen molar-refractivity contribution in [1.29, 1.82) is 0 Å². The van der Waals surface area contributed by atoms with Crippen LogP contribution in [0.15, 0.2) is 94.5 Å². The summed E-state index contributed by atoms with van der Waals surface area (Å²) in [6, 6.07) is 24.1. The highest BCUT2D eigenvalue weighted by Gasteiger charge is 2.21. The Morgan fingerprint density at radius 2 is 1.78 bits per heavy atom. The van der Waals surface area contributed by atoms with Crippen molar-refractivity contribution in [3.8, 4) is 28.2 Å². The quantitative estimate of drug-likeness (QED) is 0.159. The molecule has 3 aromatic carbocycles. The van der Waals surface area contributed by atoms with Gasteiger partial charge in [0.15, 0.2) is 5.76 Å². The fourth-order valence-electron chi connectivity index (χ4n) is 3.89. The lowest BCUT2D eigenvalue weighted by Gasteiger charge is -2.16. The van der Waals surface area contributed by atoms with E-state index in [1.807, 2.05) is 72.8 Å². The Bertz CT molecular complexity index is 1350. The van der Waals surface area contributed by atoms with Crippen LogP contribution in [-0.4, -0.2) is 37.1 Å². The van der Waals surface area contributed by atoms with E-state index >= 15 is 0 Å². The normalized spacial score (nSPS) is 12.2. The second-order valence-electron chi connectivity index (χ2n) is 8.42. The summed E-state index contributed by atoms with van der Waals surface area (Å²) < 4.78 is 24.0. The number of aromatic nitrogens is 1. The van der Waals surface area contributed by atoms with Gasteiger partial charge in [0, 0.05) is 17.7 Å². The number of amides is 1. The second kappa shape index (κ2) is 12.5. The van der Waals surface area contributed by atoms with Gasteiger partial charge in [0.2, 0.25) is 5.89 Å². The topological polar surface area (TPSA) is 103 Å². The number of hydrogen-bond donors (Lipinski definition) is 2. The van der Waals surface area contributed by atoms with Crippen molar-refractivity contribution in [3.63, 3.8) is 0 Å². The molecule has 4 rings (SSSR count). The predicted octanol–water partition coefficient (Wildman–Crippen LogP) is 5.60. The minimum Gasteiger partial charge on any atom is -0.497 e.